The van der Waals surface area contributed by atoms with Crippen LogP contribution in [0, 0.1) is 5.92 Å². The molecule has 2 saturated heterocycles. The number of ether oxygens (including phenoxy) is 6. The molecule has 7 aromatic rings. The number of nitrogens with two attached hydrogens (primary N) is 1. The molecule has 1 aromatic heterocycles. The molecule has 2 fully saturated rings. The van der Waals surface area contributed by atoms with Crippen molar-refractivity contribution in [3.63, 3.8) is 0 Å². The topological polar surface area (TPSA) is 611 Å². The van der Waals surface area contributed by atoms with E-state index in [9.17, 15) is 74.7 Å². The number of phenolic OH excluding ortho intramolecular Hbond substituents is 3. The van der Waals surface area contributed by atoms with Crippen LogP contribution in [-0.4, -0.2) is 227 Å². The number of phenols is 3. The molecular weight excluding hydrogens is 1740 g/mol. The van der Waals surface area contributed by atoms with Gasteiger partial charge in [0.15, 0.2) is 30.5 Å². The number of nitrogens with zero attached hydrogens (tertiary/aromatic N) is 2. The van der Waals surface area contributed by atoms with Crippen molar-refractivity contribution in [3.8, 4) is 57.1 Å². The summed E-state index contributed by atoms with van der Waals surface area (Å²) in [5.74, 6) is -17.5. The van der Waals surface area contributed by atoms with Crippen LogP contribution in [0.4, 0.5) is 5.82 Å². The lowest BCUT2D eigenvalue weighted by atomic mass is 9.85. The number of halogens is 3. The molecule has 0 saturated carbocycles. The molecule has 10 amide bonds. The Morgan fingerprint density at radius 1 is 0.719 bits per heavy atom. The smallest absolute Gasteiger partial charge is 0.349 e. The minimum atomic E-state index is -2.42. The van der Waals surface area contributed by atoms with Gasteiger partial charge in [-0.3, -0.25) is 57.4 Å². The van der Waals surface area contributed by atoms with Crippen LogP contribution < -0.4 is 84.3 Å². The van der Waals surface area contributed by atoms with Crippen LogP contribution in [0.5, 0.6) is 46.0 Å². The van der Waals surface area contributed by atoms with Crippen LogP contribution in [0.25, 0.3) is 17.2 Å². The summed E-state index contributed by atoms with van der Waals surface area (Å²) in [4.78, 5) is 168. The van der Waals surface area contributed by atoms with Gasteiger partial charge in [0.2, 0.25) is 65.2 Å². The zero-order valence-corrected chi connectivity index (χ0v) is 71.2. The Hall–Kier alpha value is -12.2. The first kappa shape index (κ1) is 94.9. The number of anilines is 1. The number of amides is 10. The van der Waals surface area contributed by atoms with E-state index in [-0.39, 0.29) is 48.8 Å². The second-order valence-electron chi connectivity index (χ2n) is 31.3. The quantitative estimate of drug-likeness (QED) is 0.0314. The van der Waals surface area contributed by atoms with Crippen molar-refractivity contribution in [2.75, 3.05) is 39.2 Å². The standard InChI is InChI=1S/C84H93Cl3N14O27/c1-35(2)23-48(89-5)75(114)98-66-68(109)39-11-16-52(46(86)25-39)124-54-27-41-28-55(72(54)128-82-73(71(112)70(111)56(33-102)126-82)127-61-32-84(4,74(113)36(3)123-61)91-20-22-101-21-19-58(94-83(101)121)93-59(107)18-9-37-7-13-42(85)14-8-37)125-53-17-12-40(26-47(53)87)69(110)67-80(119)97-65(81(120)100-122-34-60(108)90-6)45-29-43(103)30-51(105)62(45)44-24-38(10-15-50(44)104)63(77(116)99-67)96-78(117)64(41)95-76(115)49(31-57(88)106)92-79(66)118/h7-19,21,24-30,35-36,48-49,56,61,63-71,73-74,82,89,91,102-105,109-113H,20,22-23,31-34H2,1-6H3,(H2,88,106)(H,90,108)(H,92,118)(H,95,115)(H,96,117)(H,97,119)(H,98,114)(H,99,116)(H,100,120)(H,93,94,107,121)/b18-9+/t36?,48?,49?,56?,61?,63?,64?,65-,66?,67?,68?,69?,70?,71?,73?,74?,82?,84-/m1/s1. The Balaban J connectivity index is 0.998. The Morgan fingerprint density at radius 3 is 2.00 bits per heavy atom. The second-order valence-corrected chi connectivity index (χ2v) is 32.6. The van der Waals surface area contributed by atoms with Crippen molar-refractivity contribution < 1.29 is 127 Å². The van der Waals surface area contributed by atoms with Gasteiger partial charge in [-0.2, -0.15) is 4.98 Å². The number of carbonyl (C=O) groups is 10. The molecule has 18 atom stereocenters. The lowest BCUT2D eigenvalue weighted by Gasteiger charge is -2.48. The van der Waals surface area contributed by atoms with E-state index in [1.54, 1.807) is 45.0 Å². The first-order chi connectivity index (χ1) is 60.8. The predicted molar refractivity (Wildman–Crippen MR) is 451 cm³/mol. The Labute approximate surface area is 743 Å². The van der Waals surface area contributed by atoms with Crippen LogP contribution in [0.1, 0.15) is 111 Å². The van der Waals surface area contributed by atoms with Gasteiger partial charge < -0.3 is 133 Å². The van der Waals surface area contributed by atoms with Crippen LogP contribution in [0.3, 0.4) is 0 Å². The van der Waals surface area contributed by atoms with E-state index in [0.717, 1.165) is 66.7 Å². The fourth-order valence-corrected chi connectivity index (χ4v) is 15.6. The third-order valence-electron chi connectivity index (χ3n) is 21.7. The fraction of sp³-hybridized carbons (Fsp3) is 0.381. The first-order valence-corrected chi connectivity index (χ1v) is 41.1. The second kappa shape index (κ2) is 40.9. The van der Waals surface area contributed by atoms with Crippen LogP contribution in [-0.2, 0) is 73.5 Å². The summed E-state index contributed by atoms with van der Waals surface area (Å²) in [5.41, 5.74) is 3.32. The zero-order valence-electron chi connectivity index (χ0n) is 68.9. The molecule has 8 heterocycles. The van der Waals surface area contributed by atoms with E-state index in [0.29, 0.717) is 10.6 Å². The predicted octanol–water partition coefficient (Wildman–Crippen LogP) is 1.01. The molecule has 11 bridgehead atoms. The first-order valence-electron chi connectivity index (χ1n) is 40.0. The number of hydrogen-bond acceptors (Lipinski definition) is 30. The van der Waals surface area contributed by atoms with E-state index in [2.05, 4.69) is 58.2 Å². The number of rotatable bonds is 23. The Kier molecular flexibility index (Phi) is 30.3. The maximum Gasteiger partial charge on any atom is 0.349 e. The molecule has 7 aliphatic heterocycles. The van der Waals surface area contributed by atoms with Crippen molar-refractivity contribution >= 4 is 106 Å². The van der Waals surface area contributed by atoms with Crippen molar-refractivity contribution in [3.05, 3.63) is 180 Å². The Morgan fingerprint density at radius 2 is 1.37 bits per heavy atom. The number of nitrogens with one attached hydrogen (secondary N) is 11. The highest BCUT2D eigenvalue weighted by Gasteiger charge is 2.52. The molecule has 6 aromatic carbocycles. The largest absolute Gasteiger partial charge is 0.508 e. The number of hydrogen-bond donors (Lipinski definition) is 21. The number of aliphatic hydroxyl groups is 6. The summed E-state index contributed by atoms with van der Waals surface area (Å²) in [5, 5.41) is 132. The number of carbonyl (C=O) groups excluding carboxylic acids is 10. The number of aromatic hydroxyl groups is 3. The zero-order chi connectivity index (χ0) is 92.6. The van der Waals surface area contributed by atoms with E-state index >= 15 is 24.0 Å². The van der Waals surface area contributed by atoms with E-state index < -0.39 is 277 Å². The normalized spacial score (nSPS) is 25.6. The van der Waals surface area contributed by atoms with E-state index in [1.807, 2.05) is 5.48 Å². The molecule has 22 N–H and O–H groups in total. The molecule has 0 spiro atoms. The lowest BCUT2D eigenvalue weighted by Crippen LogP contribution is -2.65. The van der Waals surface area contributed by atoms with Gasteiger partial charge in [-0.15, -0.1) is 0 Å². The summed E-state index contributed by atoms with van der Waals surface area (Å²) >= 11 is 20.4. The molecule has 0 radical (unpaired) electrons. The summed E-state index contributed by atoms with van der Waals surface area (Å²) in [6.07, 6.45) is -15.5. The van der Waals surface area contributed by atoms with Gasteiger partial charge in [0, 0.05) is 66.6 Å². The summed E-state index contributed by atoms with van der Waals surface area (Å²) in [6, 6.07) is 7.02. The minimum absolute atomic E-state index is 0.0422. The number of primary amides is 1. The molecule has 682 valence electrons. The number of benzene rings is 6. The van der Waals surface area contributed by atoms with Gasteiger partial charge in [0.25, 0.3) is 5.91 Å². The number of likely N-dealkylation sites (N-methyl/N-ethyl adjacent to an activating group) is 2. The molecule has 128 heavy (non-hydrogen) atoms. The molecule has 7 aliphatic rings. The van der Waals surface area contributed by atoms with E-state index in [1.165, 1.54) is 62.1 Å². The monoisotopic (exact) mass is 1830 g/mol. The highest BCUT2D eigenvalue weighted by Crippen LogP contribution is 2.50. The molecule has 14 rings (SSSR count). The third kappa shape index (κ3) is 22.0. The minimum Gasteiger partial charge on any atom is -0.508 e. The van der Waals surface area contributed by atoms with E-state index in [4.69, 9.17) is 73.8 Å². The third-order valence-corrected chi connectivity index (χ3v) is 22.6. The average molecular weight is 1840 g/mol. The van der Waals surface area contributed by atoms with Gasteiger partial charge in [-0.25, -0.2) is 10.3 Å². The maximum atomic E-state index is 16.4. The van der Waals surface area contributed by atoms with Gasteiger partial charge in [-0.05, 0) is 145 Å². The number of aromatic nitrogens is 2. The maximum absolute atomic E-state index is 16.4. The lowest BCUT2D eigenvalue weighted by molar-refractivity contribution is -0.334. The molecule has 44 heteroatoms. The summed E-state index contributed by atoms with van der Waals surface area (Å²) in [6.45, 7) is 4.74. The summed E-state index contributed by atoms with van der Waals surface area (Å²) < 4.78 is 40.6. The van der Waals surface area contributed by atoms with Gasteiger partial charge in [0.05, 0.1) is 41.3 Å². The molecular formula is C84H93Cl3N14O27. The SMILES string of the molecule is CNC(=O)CONC(=O)[C@@H]1NC(=O)C2NC(=O)C(NC(=O)C3NC(=O)C(CC(N)=O)NC(=O)C(NC(=O)C(CC(C)C)NC)C(O)c4ccc(c(Cl)c4)Oc4cc3cc(c4OC3OC(CO)C(O)C(O)C3OC3C[C@@](C)(NCCn4ccc(NC(=O)/C=C/c5ccc(Cl)cc5)nc4=O)C(O)C(C)O3)Oc3ccc(cc3Cl)C2O)c2ccc(O)c(c2)-c2c(O)cc(O)cc21. The van der Waals surface area contributed by atoms with Crippen molar-refractivity contribution in [2.45, 2.75) is 163 Å². The van der Waals surface area contributed by atoms with Crippen molar-refractivity contribution in [2.24, 2.45) is 11.7 Å². The number of aliphatic hydroxyl groups excluding tert-OH is 6. The van der Waals surface area contributed by atoms with Crippen LogP contribution >= 0.6 is 34.8 Å². The number of fused-ring (bicyclic) bond motifs is 15. The fourth-order valence-electron chi connectivity index (χ4n) is 15.0. The highest BCUT2D eigenvalue weighted by molar-refractivity contribution is 6.32. The van der Waals surface area contributed by atoms with Crippen molar-refractivity contribution in [1.82, 2.24) is 62.9 Å². The van der Waals surface area contributed by atoms with Gasteiger partial charge in [-0.1, -0.05) is 79.0 Å². The molecule has 0 aliphatic carbocycles. The molecule has 41 nitrogen and oxygen atoms in total. The van der Waals surface area contributed by atoms with Gasteiger partial charge in [0.1, 0.15) is 101 Å². The van der Waals surface area contributed by atoms with Crippen LogP contribution in [0.2, 0.25) is 15.1 Å². The van der Waals surface area contributed by atoms with Crippen LogP contribution in [0.15, 0.2) is 126 Å². The molecule has 16 unspecified atom stereocenters. The summed E-state index contributed by atoms with van der Waals surface area (Å²) in [7, 11) is 2.71. The highest BCUT2D eigenvalue weighted by atomic mass is 35.5. The van der Waals surface area contributed by atoms with Crippen molar-refractivity contribution in [1.29, 1.82) is 0 Å². The number of hydroxylamine groups is 1. The van der Waals surface area contributed by atoms with Gasteiger partial charge >= 0.3 is 5.69 Å². The average Bonchev–Trinajstić information content (AvgIpc) is 0.759. The Bertz CT molecular complexity index is 5500.